The van der Waals surface area contributed by atoms with E-state index in [0.29, 0.717) is 6.61 Å². The first kappa shape index (κ1) is 16.7. The lowest BCUT2D eigenvalue weighted by Gasteiger charge is -2.35. The fraction of sp³-hybridized carbons (Fsp3) is 0.381. The Morgan fingerprint density at radius 2 is 1.71 bits per heavy atom. The largest absolute Gasteiger partial charge is 0.460 e. The molecule has 3 rings (SSSR count). The van der Waals surface area contributed by atoms with Crippen LogP contribution in [0.5, 0.6) is 0 Å². The standard InChI is InChI=1S/C21H25NO2/c1-17-7-5-6-10-19(17)15-21(11-13-22-14-12-21)20(23)24-16-18-8-3-2-4-9-18/h2-10,22H,11-16H2,1H3. The number of hydrogen-bond acceptors (Lipinski definition) is 3. The van der Waals surface area contributed by atoms with Crippen molar-refractivity contribution in [3.05, 3.63) is 71.3 Å². The van der Waals surface area contributed by atoms with Gasteiger partial charge in [-0.1, -0.05) is 54.6 Å². The molecule has 24 heavy (non-hydrogen) atoms. The van der Waals surface area contributed by atoms with Crippen LogP contribution in [0.15, 0.2) is 54.6 Å². The Morgan fingerprint density at radius 1 is 1.04 bits per heavy atom. The zero-order valence-corrected chi connectivity index (χ0v) is 14.3. The average Bonchev–Trinajstić information content (AvgIpc) is 2.63. The summed E-state index contributed by atoms with van der Waals surface area (Å²) in [5.74, 6) is -0.0592. The maximum atomic E-state index is 13.0. The lowest BCUT2D eigenvalue weighted by atomic mass is 9.73. The summed E-state index contributed by atoms with van der Waals surface area (Å²) in [6.45, 7) is 4.20. The number of ether oxygens (including phenoxy) is 1. The minimum absolute atomic E-state index is 0.0592. The molecule has 3 nitrogen and oxygen atoms in total. The molecule has 1 N–H and O–H groups in total. The summed E-state index contributed by atoms with van der Waals surface area (Å²) in [6.07, 6.45) is 2.42. The van der Waals surface area contributed by atoms with Crippen molar-refractivity contribution < 1.29 is 9.53 Å². The van der Waals surface area contributed by atoms with E-state index in [9.17, 15) is 4.79 Å². The predicted molar refractivity (Wildman–Crippen MR) is 95.7 cm³/mol. The van der Waals surface area contributed by atoms with E-state index >= 15 is 0 Å². The molecular formula is C21H25NO2. The van der Waals surface area contributed by atoms with Crippen molar-refractivity contribution >= 4 is 5.97 Å². The molecule has 1 fully saturated rings. The number of carbonyl (C=O) groups excluding carboxylic acids is 1. The second kappa shape index (κ2) is 7.63. The fourth-order valence-corrected chi connectivity index (χ4v) is 3.41. The molecule has 1 aliphatic heterocycles. The van der Waals surface area contributed by atoms with Gasteiger partial charge in [-0.3, -0.25) is 4.79 Å². The van der Waals surface area contributed by atoms with Gasteiger partial charge in [0.05, 0.1) is 5.41 Å². The van der Waals surface area contributed by atoms with E-state index in [0.717, 1.165) is 37.9 Å². The summed E-state index contributed by atoms with van der Waals surface area (Å²) >= 11 is 0. The van der Waals surface area contributed by atoms with Crippen LogP contribution in [-0.2, 0) is 22.6 Å². The van der Waals surface area contributed by atoms with Crippen molar-refractivity contribution in [1.82, 2.24) is 5.32 Å². The van der Waals surface area contributed by atoms with Crippen LogP contribution < -0.4 is 5.32 Å². The summed E-state index contributed by atoms with van der Waals surface area (Å²) in [5.41, 5.74) is 3.11. The third kappa shape index (κ3) is 3.85. The molecule has 2 aromatic carbocycles. The van der Waals surface area contributed by atoms with Gasteiger partial charge in [0, 0.05) is 0 Å². The van der Waals surface area contributed by atoms with Crippen molar-refractivity contribution in [2.75, 3.05) is 13.1 Å². The summed E-state index contributed by atoms with van der Waals surface area (Å²) in [7, 11) is 0. The lowest BCUT2D eigenvalue weighted by Crippen LogP contribution is -2.44. The van der Waals surface area contributed by atoms with E-state index in [1.807, 2.05) is 42.5 Å². The Kier molecular flexibility index (Phi) is 5.31. The van der Waals surface area contributed by atoms with E-state index in [2.05, 4.69) is 24.4 Å². The van der Waals surface area contributed by atoms with Crippen molar-refractivity contribution in [3.8, 4) is 0 Å². The second-order valence-corrected chi connectivity index (χ2v) is 6.70. The quantitative estimate of drug-likeness (QED) is 0.854. The molecule has 0 saturated carbocycles. The molecule has 0 amide bonds. The zero-order valence-electron chi connectivity index (χ0n) is 14.3. The van der Waals surface area contributed by atoms with Gasteiger partial charge in [0.2, 0.25) is 0 Å². The third-order valence-electron chi connectivity index (χ3n) is 5.00. The minimum atomic E-state index is -0.411. The van der Waals surface area contributed by atoms with E-state index < -0.39 is 5.41 Å². The zero-order chi connectivity index (χ0) is 16.8. The number of esters is 1. The molecule has 1 aliphatic rings. The van der Waals surface area contributed by atoms with Crippen LogP contribution >= 0.6 is 0 Å². The Bertz CT molecular complexity index is 675. The minimum Gasteiger partial charge on any atom is -0.460 e. The molecule has 1 heterocycles. The van der Waals surface area contributed by atoms with Crippen molar-refractivity contribution in [1.29, 1.82) is 0 Å². The number of carbonyl (C=O) groups is 1. The second-order valence-electron chi connectivity index (χ2n) is 6.70. The topological polar surface area (TPSA) is 38.3 Å². The van der Waals surface area contributed by atoms with Gasteiger partial charge in [-0.05, 0) is 56.0 Å². The summed E-state index contributed by atoms with van der Waals surface area (Å²) in [5, 5.41) is 3.36. The van der Waals surface area contributed by atoms with Crippen LogP contribution in [0.3, 0.4) is 0 Å². The van der Waals surface area contributed by atoms with Crippen LogP contribution in [0.1, 0.15) is 29.5 Å². The first-order valence-corrected chi connectivity index (χ1v) is 8.66. The van der Waals surface area contributed by atoms with E-state index in [4.69, 9.17) is 4.74 Å². The van der Waals surface area contributed by atoms with Crippen LogP contribution in [-0.4, -0.2) is 19.1 Å². The van der Waals surface area contributed by atoms with Crippen LogP contribution in [0.2, 0.25) is 0 Å². The maximum Gasteiger partial charge on any atom is 0.312 e. The van der Waals surface area contributed by atoms with Gasteiger partial charge in [0.15, 0.2) is 0 Å². The third-order valence-corrected chi connectivity index (χ3v) is 5.00. The van der Waals surface area contributed by atoms with Gasteiger partial charge in [-0.2, -0.15) is 0 Å². The van der Waals surface area contributed by atoms with Gasteiger partial charge < -0.3 is 10.1 Å². The van der Waals surface area contributed by atoms with E-state index in [1.165, 1.54) is 11.1 Å². The number of aryl methyl sites for hydroxylation is 1. The number of benzene rings is 2. The summed E-state index contributed by atoms with van der Waals surface area (Å²) in [6, 6.07) is 18.2. The highest BCUT2D eigenvalue weighted by Crippen LogP contribution is 2.35. The summed E-state index contributed by atoms with van der Waals surface area (Å²) in [4.78, 5) is 13.0. The van der Waals surface area contributed by atoms with Gasteiger partial charge in [-0.25, -0.2) is 0 Å². The molecule has 0 aromatic heterocycles. The maximum absolute atomic E-state index is 13.0. The highest BCUT2D eigenvalue weighted by Gasteiger charge is 2.41. The van der Waals surface area contributed by atoms with Gasteiger partial charge in [0.25, 0.3) is 0 Å². The van der Waals surface area contributed by atoms with Crippen molar-refractivity contribution in [2.24, 2.45) is 5.41 Å². The highest BCUT2D eigenvalue weighted by atomic mass is 16.5. The van der Waals surface area contributed by atoms with Crippen LogP contribution in [0.25, 0.3) is 0 Å². The SMILES string of the molecule is Cc1ccccc1CC1(C(=O)OCc2ccccc2)CCNCC1. The number of rotatable bonds is 5. The molecule has 0 radical (unpaired) electrons. The smallest absolute Gasteiger partial charge is 0.312 e. The lowest BCUT2D eigenvalue weighted by molar-refractivity contribution is -0.159. The number of nitrogens with one attached hydrogen (secondary N) is 1. The number of hydrogen-bond donors (Lipinski definition) is 1. The van der Waals surface area contributed by atoms with Gasteiger partial charge in [-0.15, -0.1) is 0 Å². The van der Waals surface area contributed by atoms with Gasteiger partial charge in [0.1, 0.15) is 6.61 Å². The molecule has 126 valence electrons. The van der Waals surface area contributed by atoms with Crippen LogP contribution in [0.4, 0.5) is 0 Å². The molecule has 2 aromatic rings. The molecule has 0 spiro atoms. The normalized spacial score (nSPS) is 16.5. The average molecular weight is 323 g/mol. The Labute approximate surface area is 144 Å². The fourth-order valence-electron chi connectivity index (χ4n) is 3.41. The molecule has 1 saturated heterocycles. The molecule has 0 atom stereocenters. The summed E-state index contributed by atoms with van der Waals surface area (Å²) < 4.78 is 5.72. The Hall–Kier alpha value is -2.13. The molecule has 3 heteroatoms. The van der Waals surface area contributed by atoms with Crippen molar-refractivity contribution in [2.45, 2.75) is 32.8 Å². The Morgan fingerprint density at radius 3 is 2.42 bits per heavy atom. The molecular weight excluding hydrogens is 298 g/mol. The first-order valence-electron chi connectivity index (χ1n) is 8.66. The predicted octanol–water partition coefficient (Wildman–Crippen LogP) is 3.65. The van der Waals surface area contributed by atoms with Crippen LogP contribution in [0, 0.1) is 12.3 Å². The van der Waals surface area contributed by atoms with Gasteiger partial charge >= 0.3 is 5.97 Å². The molecule has 0 bridgehead atoms. The highest BCUT2D eigenvalue weighted by molar-refractivity contribution is 5.77. The van der Waals surface area contributed by atoms with E-state index in [-0.39, 0.29) is 5.97 Å². The van der Waals surface area contributed by atoms with Crippen molar-refractivity contribution in [3.63, 3.8) is 0 Å². The number of piperidine rings is 1. The molecule has 0 aliphatic carbocycles. The monoisotopic (exact) mass is 323 g/mol. The van der Waals surface area contributed by atoms with E-state index in [1.54, 1.807) is 0 Å². The molecule has 0 unspecified atom stereocenters. The first-order chi connectivity index (χ1) is 11.7. The Balaban J connectivity index is 1.75.